The molecule has 3 N–H and O–H groups in total. The molecule has 0 bridgehead atoms. The van der Waals surface area contributed by atoms with Gasteiger partial charge in [0.05, 0.1) is 6.04 Å². The van der Waals surface area contributed by atoms with Crippen molar-refractivity contribution in [2.75, 3.05) is 6.54 Å². The number of hydrogen-bond acceptors (Lipinski definition) is 2. The molecule has 0 radical (unpaired) electrons. The molecule has 0 aliphatic rings. The van der Waals surface area contributed by atoms with E-state index in [-0.39, 0.29) is 23.7 Å². The first-order valence-corrected chi connectivity index (χ1v) is 6.64. The van der Waals surface area contributed by atoms with Crippen molar-refractivity contribution in [3.8, 4) is 0 Å². The van der Waals surface area contributed by atoms with E-state index in [2.05, 4.69) is 31.3 Å². The lowest BCUT2D eigenvalue weighted by atomic mass is 9.76. The van der Waals surface area contributed by atoms with Gasteiger partial charge >= 0.3 is 0 Å². The highest BCUT2D eigenvalue weighted by Crippen LogP contribution is 2.30. The molecule has 1 aromatic rings. The van der Waals surface area contributed by atoms with E-state index in [1.807, 2.05) is 18.2 Å². The molecule has 0 aromatic heterocycles. The van der Waals surface area contributed by atoms with Crippen molar-refractivity contribution in [2.45, 2.75) is 45.1 Å². The highest BCUT2D eigenvalue weighted by molar-refractivity contribution is 5.85. The van der Waals surface area contributed by atoms with Gasteiger partial charge in [0.25, 0.3) is 0 Å². The Morgan fingerprint density at radius 3 is 2.21 bits per heavy atom. The third-order valence-corrected chi connectivity index (χ3v) is 3.75. The second-order valence-corrected chi connectivity index (χ2v) is 4.86. The van der Waals surface area contributed by atoms with Gasteiger partial charge in [-0.15, -0.1) is 12.4 Å². The molecule has 1 atom stereocenters. The lowest BCUT2D eigenvalue weighted by Gasteiger charge is -2.33. The molecule has 19 heavy (non-hydrogen) atoms. The quantitative estimate of drug-likeness (QED) is 0.844. The molecule has 108 valence electrons. The van der Waals surface area contributed by atoms with Crippen LogP contribution in [0.1, 0.15) is 39.2 Å². The fraction of sp³-hybridized carbons (Fsp3) is 0.533. The fourth-order valence-electron chi connectivity index (χ4n) is 2.22. The minimum absolute atomic E-state index is 0. The van der Waals surface area contributed by atoms with Gasteiger partial charge in [0.2, 0.25) is 5.91 Å². The summed E-state index contributed by atoms with van der Waals surface area (Å²) in [6.45, 7) is 6.67. The molecule has 0 unspecified atom stereocenters. The van der Waals surface area contributed by atoms with E-state index in [4.69, 9.17) is 5.73 Å². The SMILES string of the molecule is CCC(CC)(CNC(=O)[C@H](C)N)c1ccccc1.Cl. The van der Waals surface area contributed by atoms with Gasteiger partial charge in [0.15, 0.2) is 0 Å². The van der Waals surface area contributed by atoms with Gasteiger partial charge in [-0.05, 0) is 25.3 Å². The average molecular weight is 285 g/mol. The number of amides is 1. The van der Waals surface area contributed by atoms with E-state index in [0.717, 1.165) is 12.8 Å². The molecule has 4 heteroatoms. The van der Waals surface area contributed by atoms with E-state index in [9.17, 15) is 4.79 Å². The highest BCUT2D eigenvalue weighted by Gasteiger charge is 2.28. The topological polar surface area (TPSA) is 55.1 Å². The second kappa shape index (κ2) is 8.18. The summed E-state index contributed by atoms with van der Waals surface area (Å²) in [6, 6.07) is 9.91. The molecule has 0 saturated carbocycles. The van der Waals surface area contributed by atoms with Crippen LogP contribution in [0.5, 0.6) is 0 Å². The van der Waals surface area contributed by atoms with Gasteiger partial charge in [-0.3, -0.25) is 4.79 Å². The Labute approximate surface area is 122 Å². The molecule has 0 spiro atoms. The number of nitrogens with one attached hydrogen (secondary N) is 1. The first kappa shape index (κ1) is 17.9. The Hall–Kier alpha value is -1.06. The Morgan fingerprint density at radius 1 is 1.26 bits per heavy atom. The molecule has 3 nitrogen and oxygen atoms in total. The van der Waals surface area contributed by atoms with E-state index >= 15 is 0 Å². The van der Waals surface area contributed by atoms with E-state index in [0.29, 0.717) is 6.54 Å². The molecule has 1 aromatic carbocycles. The molecule has 1 amide bonds. The maximum atomic E-state index is 11.6. The monoisotopic (exact) mass is 284 g/mol. The van der Waals surface area contributed by atoms with Crippen LogP contribution < -0.4 is 11.1 Å². The molecule has 1 rings (SSSR count). The molecule has 0 saturated heterocycles. The number of nitrogens with two attached hydrogens (primary N) is 1. The fourth-order valence-corrected chi connectivity index (χ4v) is 2.22. The van der Waals surface area contributed by atoms with Crippen molar-refractivity contribution >= 4 is 18.3 Å². The van der Waals surface area contributed by atoms with Crippen LogP contribution in [-0.4, -0.2) is 18.5 Å². The Bertz CT molecular complexity index is 375. The Balaban J connectivity index is 0.00000324. The minimum atomic E-state index is -0.452. The van der Waals surface area contributed by atoms with Crippen LogP contribution in [0, 0.1) is 0 Å². The molecule has 0 aliphatic heterocycles. The number of halogens is 1. The standard InChI is InChI=1S/C15H24N2O.ClH/c1-4-15(5-2,11-17-14(18)12(3)16)13-9-7-6-8-10-13;/h6-10,12H,4-5,11,16H2,1-3H3,(H,17,18);1H/t12-;/m0./s1. The van der Waals surface area contributed by atoms with Crippen LogP contribution in [0.15, 0.2) is 30.3 Å². The third-order valence-electron chi connectivity index (χ3n) is 3.75. The average Bonchev–Trinajstić information content (AvgIpc) is 2.41. The molecule has 0 heterocycles. The lowest BCUT2D eigenvalue weighted by molar-refractivity contribution is -0.122. The second-order valence-electron chi connectivity index (χ2n) is 4.86. The van der Waals surface area contributed by atoms with Crippen LogP contribution >= 0.6 is 12.4 Å². The zero-order valence-corrected chi connectivity index (χ0v) is 12.8. The normalized spacial score (nSPS) is 12.4. The van der Waals surface area contributed by atoms with Crippen molar-refractivity contribution in [3.05, 3.63) is 35.9 Å². The summed E-state index contributed by atoms with van der Waals surface area (Å²) < 4.78 is 0. The molecule has 0 fully saturated rings. The summed E-state index contributed by atoms with van der Waals surface area (Å²) >= 11 is 0. The molecular weight excluding hydrogens is 260 g/mol. The predicted molar refractivity (Wildman–Crippen MR) is 82.6 cm³/mol. The Kier molecular flexibility index (Phi) is 7.72. The summed E-state index contributed by atoms with van der Waals surface area (Å²) in [5.41, 5.74) is 6.86. The van der Waals surface area contributed by atoms with Gasteiger partial charge < -0.3 is 11.1 Å². The zero-order chi connectivity index (χ0) is 13.6. The Morgan fingerprint density at radius 2 is 1.79 bits per heavy atom. The number of carbonyl (C=O) groups excluding carboxylic acids is 1. The number of hydrogen-bond donors (Lipinski definition) is 2. The van der Waals surface area contributed by atoms with Gasteiger partial charge in [-0.2, -0.15) is 0 Å². The van der Waals surface area contributed by atoms with Crippen LogP contribution in [0.2, 0.25) is 0 Å². The minimum Gasteiger partial charge on any atom is -0.354 e. The summed E-state index contributed by atoms with van der Waals surface area (Å²) in [5, 5.41) is 2.96. The summed E-state index contributed by atoms with van der Waals surface area (Å²) in [4.78, 5) is 11.6. The van der Waals surface area contributed by atoms with Gasteiger partial charge in [-0.1, -0.05) is 44.2 Å². The van der Waals surface area contributed by atoms with Gasteiger partial charge in [0, 0.05) is 12.0 Å². The van der Waals surface area contributed by atoms with Gasteiger partial charge in [0.1, 0.15) is 0 Å². The zero-order valence-electron chi connectivity index (χ0n) is 12.0. The number of carbonyl (C=O) groups is 1. The number of benzene rings is 1. The van der Waals surface area contributed by atoms with Crippen molar-refractivity contribution < 1.29 is 4.79 Å². The van der Waals surface area contributed by atoms with Crippen LogP contribution in [-0.2, 0) is 10.2 Å². The molecular formula is C15H25ClN2O. The largest absolute Gasteiger partial charge is 0.354 e. The van der Waals surface area contributed by atoms with Crippen LogP contribution in [0.4, 0.5) is 0 Å². The van der Waals surface area contributed by atoms with Crippen LogP contribution in [0.3, 0.4) is 0 Å². The predicted octanol–water partition coefficient (Wildman–Crippen LogP) is 2.63. The lowest BCUT2D eigenvalue weighted by Crippen LogP contribution is -2.45. The summed E-state index contributed by atoms with van der Waals surface area (Å²) in [5.74, 6) is -0.0859. The highest BCUT2D eigenvalue weighted by atomic mass is 35.5. The smallest absolute Gasteiger partial charge is 0.236 e. The first-order valence-electron chi connectivity index (χ1n) is 6.64. The molecule has 0 aliphatic carbocycles. The summed E-state index contributed by atoms with van der Waals surface area (Å²) in [7, 11) is 0. The number of rotatable bonds is 6. The van der Waals surface area contributed by atoms with Gasteiger partial charge in [-0.25, -0.2) is 0 Å². The maximum absolute atomic E-state index is 11.6. The van der Waals surface area contributed by atoms with Crippen molar-refractivity contribution in [1.29, 1.82) is 0 Å². The van der Waals surface area contributed by atoms with E-state index in [1.54, 1.807) is 6.92 Å². The van der Waals surface area contributed by atoms with Crippen molar-refractivity contribution in [1.82, 2.24) is 5.32 Å². The van der Waals surface area contributed by atoms with E-state index in [1.165, 1.54) is 5.56 Å². The van der Waals surface area contributed by atoms with Crippen molar-refractivity contribution in [2.24, 2.45) is 5.73 Å². The van der Waals surface area contributed by atoms with Crippen molar-refractivity contribution in [3.63, 3.8) is 0 Å². The summed E-state index contributed by atoms with van der Waals surface area (Å²) in [6.07, 6.45) is 1.99. The van der Waals surface area contributed by atoms with E-state index < -0.39 is 6.04 Å². The first-order chi connectivity index (χ1) is 8.55. The maximum Gasteiger partial charge on any atom is 0.236 e. The third kappa shape index (κ3) is 4.51. The van der Waals surface area contributed by atoms with Crippen LogP contribution in [0.25, 0.3) is 0 Å².